The van der Waals surface area contributed by atoms with Gasteiger partial charge in [0.25, 0.3) is 0 Å². The first-order chi connectivity index (χ1) is 16.2. The number of hydrogen-bond donors (Lipinski definition) is 1. The molecule has 5 heteroatoms. The number of hydrogen-bond acceptors (Lipinski definition) is 4. The van der Waals surface area contributed by atoms with E-state index in [0.717, 1.165) is 41.0 Å². The van der Waals surface area contributed by atoms with E-state index in [-0.39, 0.29) is 0 Å². The van der Waals surface area contributed by atoms with Crippen LogP contribution in [-0.4, -0.2) is 25.4 Å². The summed E-state index contributed by atoms with van der Waals surface area (Å²) in [4.78, 5) is 14.5. The molecule has 0 aliphatic heterocycles. The smallest absolute Gasteiger partial charge is 0.180 e. The van der Waals surface area contributed by atoms with Gasteiger partial charge in [-0.05, 0) is 56.2 Å². The van der Waals surface area contributed by atoms with Crippen LogP contribution in [-0.2, 0) is 0 Å². The standard InChI is InChI=1S/C28H37N5/c1-21-16-17-27-29-19-25(33(27)20-21)28-31-24(15-9-8-12-22-10-6-7-11-22)18-26(32-28)30-23-13-4-2-3-5-14-23/h9,15-20,22-23H,2-8,10-14H2,1H3,(H,30,31,32)/b15-9-. The summed E-state index contributed by atoms with van der Waals surface area (Å²) in [5.74, 6) is 2.59. The highest BCUT2D eigenvalue weighted by Gasteiger charge is 2.16. The zero-order valence-corrected chi connectivity index (χ0v) is 20.0. The topological polar surface area (TPSA) is 55.1 Å². The lowest BCUT2D eigenvalue weighted by Crippen LogP contribution is -2.19. The third-order valence-electron chi connectivity index (χ3n) is 7.34. The third kappa shape index (κ3) is 5.63. The van der Waals surface area contributed by atoms with E-state index >= 15 is 0 Å². The van der Waals surface area contributed by atoms with E-state index in [0.29, 0.717) is 6.04 Å². The van der Waals surface area contributed by atoms with Crippen molar-refractivity contribution < 1.29 is 0 Å². The van der Waals surface area contributed by atoms with E-state index in [9.17, 15) is 0 Å². The van der Waals surface area contributed by atoms with Crippen LogP contribution in [0.1, 0.15) is 88.3 Å². The van der Waals surface area contributed by atoms with E-state index in [4.69, 9.17) is 9.97 Å². The summed E-state index contributed by atoms with van der Waals surface area (Å²) in [7, 11) is 0. The van der Waals surface area contributed by atoms with Crippen LogP contribution in [0.2, 0.25) is 0 Å². The Morgan fingerprint density at radius 2 is 1.79 bits per heavy atom. The van der Waals surface area contributed by atoms with Gasteiger partial charge in [0.2, 0.25) is 0 Å². The zero-order valence-electron chi connectivity index (χ0n) is 20.0. The lowest BCUT2D eigenvalue weighted by atomic mass is 10.0. The Bertz CT molecular complexity index is 1080. The molecule has 2 aliphatic rings. The van der Waals surface area contributed by atoms with Crippen LogP contribution >= 0.6 is 0 Å². The molecular formula is C28H37N5. The lowest BCUT2D eigenvalue weighted by Gasteiger charge is -2.17. The summed E-state index contributed by atoms with van der Waals surface area (Å²) in [6.07, 6.45) is 24.3. The molecular weight excluding hydrogens is 406 g/mol. The number of rotatable bonds is 7. The fraction of sp³-hybridized carbons (Fsp3) is 0.536. The van der Waals surface area contributed by atoms with Gasteiger partial charge in [-0.3, -0.25) is 4.40 Å². The first-order valence-corrected chi connectivity index (χ1v) is 13.0. The fourth-order valence-corrected chi connectivity index (χ4v) is 5.46. The van der Waals surface area contributed by atoms with Gasteiger partial charge < -0.3 is 5.32 Å². The van der Waals surface area contributed by atoms with Gasteiger partial charge in [-0.2, -0.15) is 0 Å². The quantitative estimate of drug-likeness (QED) is 0.392. The van der Waals surface area contributed by atoms with Crippen LogP contribution in [0.5, 0.6) is 0 Å². The van der Waals surface area contributed by atoms with E-state index < -0.39 is 0 Å². The van der Waals surface area contributed by atoms with E-state index in [2.05, 4.69) is 58.2 Å². The van der Waals surface area contributed by atoms with Crippen molar-refractivity contribution in [1.82, 2.24) is 19.4 Å². The summed E-state index contributed by atoms with van der Waals surface area (Å²) in [6.45, 7) is 2.10. The maximum Gasteiger partial charge on any atom is 0.180 e. The minimum Gasteiger partial charge on any atom is -0.367 e. The molecule has 0 spiro atoms. The highest BCUT2D eigenvalue weighted by molar-refractivity contribution is 5.62. The van der Waals surface area contributed by atoms with E-state index in [1.807, 2.05) is 6.20 Å². The van der Waals surface area contributed by atoms with Crippen molar-refractivity contribution in [3.63, 3.8) is 0 Å². The van der Waals surface area contributed by atoms with Crippen LogP contribution in [0, 0.1) is 12.8 Å². The van der Waals surface area contributed by atoms with Crippen LogP contribution in [0.4, 0.5) is 5.82 Å². The molecule has 1 N–H and O–H groups in total. The molecule has 0 radical (unpaired) electrons. The predicted molar refractivity (Wildman–Crippen MR) is 136 cm³/mol. The second-order valence-corrected chi connectivity index (χ2v) is 10.0. The molecule has 5 nitrogen and oxygen atoms in total. The highest BCUT2D eigenvalue weighted by Crippen LogP contribution is 2.29. The van der Waals surface area contributed by atoms with Crippen molar-refractivity contribution in [2.75, 3.05) is 5.32 Å². The number of nitrogens with zero attached hydrogens (tertiary/aromatic N) is 4. The van der Waals surface area contributed by atoms with Crippen molar-refractivity contribution in [1.29, 1.82) is 0 Å². The van der Waals surface area contributed by atoms with Crippen molar-refractivity contribution in [2.24, 2.45) is 5.92 Å². The Hall–Kier alpha value is -2.69. The van der Waals surface area contributed by atoms with Gasteiger partial charge >= 0.3 is 0 Å². The number of fused-ring (bicyclic) bond motifs is 1. The maximum atomic E-state index is 4.95. The van der Waals surface area contributed by atoms with Crippen molar-refractivity contribution in [2.45, 2.75) is 90.0 Å². The molecule has 0 atom stereocenters. The van der Waals surface area contributed by atoms with Gasteiger partial charge in [-0.15, -0.1) is 0 Å². The monoisotopic (exact) mass is 443 g/mol. The molecule has 2 aliphatic carbocycles. The van der Waals surface area contributed by atoms with Crippen LogP contribution in [0.25, 0.3) is 23.2 Å². The predicted octanol–water partition coefficient (Wildman–Crippen LogP) is 7.22. The van der Waals surface area contributed by atoms with Crippen molar-refractivity contribution >= 4 is 17.5 Å². The molecule has 0 amide bonds. The Kier molecular flexibility index (Phi) is 7.03. The molecule has 33 heavy (non-hydrogen) atoms. The molecule has 3 aromatic heterocycles. The molecule has 0 aromatic carbocycles. The normalized spacial score (nSPS) is 18.3. The molecule has 3 heterocycles. The van der Waals surface area contributed by atoms with Crippen LogP contribution < -0.4 is 5.32 Å². The Balaban J connectivity index is 1.42. The largest absolute Gasteiger partial charge is 0.367 e. The summed E-state index contributed by atoms with van der Waals surface area (Å²) in [5, 5.41) is 3.74. The molecule has 174 valence electrons. The number of aromatic nitrogens is 4. The number of pyridine rings is 1. The number of nitrogens with one attached hydrogen (secondary N) is 1. The van der Waals surface area contributed by atoms with Crippen LogP contribution in [0.15, 0.2) is 36.7 Å². The first kappa shape index (κ1) is 22.1. The van der Waals surface area contributed by atoms with Gasteiger partial charge in [-0.1, -0.05) is 63.5 Å². The molecule has 0 saturated heterocycles. The minimum atomic E-state index is 0.499. The molecule has 0 bridgehead atoms. The number of anilines is 1. The minimum absolute atomic E-state index is 0.499. The van der Waals surface area contributed by atoms with Gasteiger partial charge in [0.1, 0.15) is 17.2 Å². The van der Waals surface area contributed by atoms with E-state index in [1.54, 1.807) is 0 Å². The Labute approximate surface area is 197 Å². The molecule has 0 unspecified atom stereocenters. The third-order valence-corrected chi connectivity index (χ3v) is 7.34. The molecule has 5 rings (SSSR count). The first-order valence-electron chi connectivity index (χ1n) is 13.0. The molecule has 3 aromatic rings. The lowest BCUT2D eigenvalue weighted by molar-refractivity contribution is 0.509. The Morgan fingerprint density at radius 1 is 1.00 bits per heavy atom. The summed E-state index contributed by atoms with van der Waals surface area (Å²) in [6, 6.07) is 6.76. The van der Waals surface area contributed by atoms with Gasteiger partial charge in [-0.25, -0.2) is 15.0 Å². The SMILES string of the molecule is Cc1ccc2ncc(-c3nc(/C=C\CCC4CCCC4)cc(NC4CCCCCC4)n3)n2c1. The number of allylic oxidation sites excluding steroid dienone is 1. The second kappa shape index (κ2) is 10.5. The highest BCUT2D eigenvalue weighted by atomic mass is 15.1. The molecule has 2 saturated carbocycles. The van der Waals surface area contributed by atoms with E-state index in [1.165, 1.54) is 76.2 Å². The summed E-state index contributed by atoms with van der Waals surface area (Å²) < 4.78 is 2.10. The van der Waals surface area contributed by atoms with Crippen molar-refractivity contribution in [3.05, 3.63) is 47.9 Å². The van der Waals surface area contributed by atoms with Gasteiger partial charge in [0.05, 0.1) is 11.9 Å². The number of imidazole rings is 1. The number of aryl methyl sites for hydroxylation is 1. The second-order valence-electron chi connectivity index (χ2n) is 10.0. The van der Waals surface area contributed by atoms with Gasteiger partial charge in [0.15, 0.2) is 5.82 Å². The van der Waals surface area contributed by atoms with Crippen molar-refractivity contribution in [3.8, 4) is 11.5 Å². The fourth-order valence-electron chi connectivity index (χ4n) is 5.46. The maximum absolute atomic E-state index is 4.95. The zero-order chi connectivity index (χ0) is 22.5. The Morgan fingerprint density at radius 3 is 2.61 bits per heavy atom. The van der Waals surface area contributed by atoms with Gasteiger partial charge in [0, 0.05) is 18.3 Å². The van der Waals surface area contributed by atoms with Crippen LogP contribution in [0.3, 0.4) is 0 Å². The molecule has 2 fully saturated rings. The average Bonchev–Trinajstić information content (AvgIpc) is 3.41. The average molecular weight is 444 g/mol. The summed E-state index contributed by atoms with van der Waals surface area (Å²) >= 11 is 0. The summed E-state index contributed by atoms with van der Waals surface area (Å²) in [5.41, 5.74) is 4.04.